The number of para-hydroxylation sites is 1. The lowest BCUT2D eigenvalue weighted by atomic mass is 10.0. The Hall–Kier alpha value is -2.27. The minimum absolute atomic E-state index is 0.126. The molecule has 2 heterocycles. The molecular formula is C19H23N3O2. The lowest BCUT2D eigenvalue weighted by Crippen LogP contribution is -2.37. The summed E-state index contributed by atoms with van der Waals surface area (Å²) >= 11 is 0. The zero-order valence-electron chi connectivity index (χ0n) is 14.1. The summed E-state index contributed by atoms with van der Waals surface area (Å²) in [5.74, 6) is -0.126. The molecule has 5 heteroatoms. The van der Waals surface area contributed by atoms with E-state index in [-0.39, 0.29) is 5.91 Å². The molecule has 1 aromatic heterocycles. The number of carbonyl (C=O) groups is 1. The maximum atomic E-state index is 12.8. The number of nitrogens with zero attached hydrogens (tertiary/aromatic N) is 2. The molecule has 0 spiro atoms. The molecule has 2 aromatic rings. The first-order chi connectivity index (χ1) is 11.6. The fourth-order valence-corrected chi connectivity index (χ4v) is 3.96. The largest absolute Gasteiger partial charge is 0.381 e. The smallest absolute Gasteiger partial charge is 0.258 e. The predicted octanol–water partition coefficient (Wildman–Crippen LogP) is 2.21. The fraction of sp³-hybridized carbons (Fsp3) is 0.421. The van der Waals surface area contributed by atoms with Gasteiger partial charge in [0.25, 0.3) is 5.91 Å². The second-order valence-electron chi connectivity index (χ2n) is 6.87. The van der Waals surface area contributed by atoms with E-state index in [1.54, 1.807) is 7.05 Å². The van der Waals surface area contributed by atoms with E-state index in [1.807, 2.05) is 42.1 Å². The number of aliphatic hydroxyl groups excluding tert-OH is 1. The van der Waals surface area contributed by atoms with E-state index in [2.05, 4.69) is 5.32 Å². The first kappa shape index (κ1) is 15.3. The van der Waals surface area contributed by atoms with Gasteiger partial charge in [0.05, 0.1) is 11.3 Å². The van der Waals surface area contributed by atoms with E-state index >= 15 is 0 Å². The van der Waals surface area contributed by atoms with Gasteiger partial charge in [-0.2, -0.15) is 0 Å². The highest BCUT2D eigenvalue weighted by Gasteiger charge is 2.38. The number of hydrogen-bond donors (Lipinski definition) is 2. The van der Waals surface area contributed by atoms with Crippen LogP contribution in [-0.2, 0) is 11.8 Å². The van der Waals surface area contributed by atoms with Crippen molar-refractivity contribution in [2.24, 2.45) is 7.05 Å². The van der Waals surface area contributed by atoms with Crippen LogP contribution in [0.2, 0.25) is 0 Å². The maximum Gasteiger partial charge on any atom is 0.258 e. The molecule has 2 N–H and O–H groups in total. The van der Waals surface area contributed by atoms with Crippen molar-refractivity contribution in [3.8, 4) is 0 Å². The van der Waals surface area contributed by atoms with E-state index in [0.717, 1.165) is 29.3 Å². The molecule has 4 rings (SSSR count). The number of carbonyl (C=O) groups excluding carboxylic acids is 1. The molecule has 1 aliphatic carbocycles. The molecule has 5 nitrogen and oxygen atoms in total. The Morgan fingerprint density at radius 1 is 1.17 bits per heavy atom. The monoisotopic (exact) mass is 325 g/mol. The average molecular weight is 325 g/mol. The molecule has 1 unspecified atom stereocenters. The summed E-state index contributed by atoms with van der Waals surface area (Å²) in [6.45, 7) is 0. The molecule has 0 radical (unpaired) electrons. The molecule has 0 saturated heterocycles. The van der Waals surface area contributed by atoms with E-state index < -0.39 is 6.23 Å². The molecule has 1 fully saturated rings. The fourth-order valence-electron chi connectivity index (χ4n) is 3.96. The number of rotatable bonds is 3. The van der Waals surface area contributed by atoms with Crippen LogP contribution >= 0.6 is 0 Å². The van der Waals surface area contributed by atoms with Crippen molar-refractivity contribution in [3.63, 3.8) is 0 Å². The Morgan fingerprint density at radius 3 is 2.62 bits per heavy atom. The Labute approximate surface area is 141 Å². The van der Waals surface area contributed by atoms with Crippen molar-refractivity contribution in [2.45, 2.75) is 38.0 Å². The molecule has 1 saturated carbocycles. The molecule has 1 amide bonds. The van der Waals surface area contributed by atoms with Crippen molar-refractivity contribution < 1.29 is 9.90 Å². The van der Waals surface area contributed by atoms with Crippen LogP contribution in [0.25, 0.3) is 16.5 Å². The van der Waals surface area contributed by atoms with Crippen LogP contribution in [0.5, 0.6) is 0 Å². The zero-order valence-corrected chi connectivity index (χ0v) is 14.1. The van der Waals surface area contributed by atoms with Crippen LogP contribution in [0.1, 0.15) is 31.2 Å². The Kier molecular flexibility index (Phi) is 3.61. The van der Waals surface area contributed by atoms with Crippen LogP contribution in [0.15, 0.2) is 36.2 Å². The van der Waals surface area contributed by atoms with E-state index in [4.69, 9.17) is 0 Å². The van der Waals surface area contributed by atoms with Crippen molar-refractivity contribution in [2.75, 3.05) is 7.05 Å². The number of hydrogen-bond acceptors (Lipinski definition) is 3. The molecule has 1 aromatic carbocycles. The molecule has 1 atom stereocenters. The lowest BCUT2D eigenvalue weighted by Gasteiger charge is -2.21. The summed E-state index contributed by atoms with van der Waals surface area (Å²) < 4.78 is 2.03. The summed E-state index contributed by atoms with van der Waals surface area (Å²) in [4.78, 5) is 14.2. The summed E-state index contributed by atoms with van der Waals surface area (Å²) in [5, 5.41) is 15.1. The van der Waals surface area contributed by atoms with Gasteiger partial charge in [0, 0.05) is 42.8 Å². The van der Waals surface area contributed by atoms with Crippen molar-refractivity contribution >= 4 is 22.4 Å². The Balaban J connectivity index is 1.86. The highest BCUT2D eigenvalue weighted by Crippen LogP contribution is 2.35. The molecule has 0 bridgehead atoms. The van der Waals surface area contributed by atoms with E-state index in [9.17, 15) is 9.90 Å². The van der Waals surface area contributed by atoms with Crippen molar-refractivity contribution in [1.82, 2.24) is 14.8 Å². The van der Waals surface area contributed by atoms with Gasteiger partial charge >= 0.3 is 0 Å². The number of nitrogens with one attached hydrogen (secondary N) is 1. The highest BCUT2D eigenvalue weighted by molar-refractivity contribution is 6.25. The molecular weight excluding hydrogens is 302 g/mol. The van der Waals surface area contributed by atoms with Crippen LogP contribution in [0, 0.1) is 0 Å². The molecule has 1 aliphatic heterocycles. The summed E-state index contributed by atoms with van der Waals surface area (Å²) in [7, 11) is 3.64. The molecule has 126 valence electrons. The summed E-state index contributed by atoms with van der Waals surface area (Å²) in [6.07, 6.45) is 5.68. The van der Waals surface area contributed by atoms with Crippen molar-refractivity contribution in [1.29, 1.82) is 0 Å². The van der Waals surface area contributed by atoms with Gasteiger partial charge in [-0.05, 0) is 18.9 Å². The van der Waals surface area contributed by atoms with Gasteiger partial charge in [-0.1, -0.05) is 31.0 Å². The van der Waals surface area contributed by atoms with Gasteiger partial charge in [-0.25, -0.2) is 0 Å². The number of aromatic nitrogens is 1. The number of benzene rings is 1. The number of fused-ring (bicyclic) bond motifs is 1. The van der Waals surface area contributed by atoms with Crippen LogP contribution in [0.4, 0.5) is 0 Å². The van der Waals surface area contributed by atoms with Crippen LogP contribution in [-0.4, -0.2) is 39.8 Å². The normalized spacial score (nSPS) is 22.2. The highest BCUT2D eigenvalue weighted by atomic mass is 16.3. The molecule has 24 heavy (non-hydrogen) atoms. The second kappa shape index (κ2) is 5.67. The quantitative estimate of drug-likeness (QED) is 0.910. The standard InChI is InChI=1S/C19H23N3O2/c1-21-11-14(13-9-5-6-10-15(13)21)16-17(19(24)22(2)18(16)23)20-12-7-3-4-8-12/h5-6,9-12,19-20,24H,3-4,7-8H2,1-2H3. The van der Waals surface area contributed by atoms with Gasteiger partial charge < -0.3 is 19.9 Å². The number of amides is 1. The van der Waals surface area contributed by atoms with Gasteiger partial charge in [-0.15, -0.1) is 0 Å². The third-order valence-electron chi connectivity index (χ3n) is 5.31. The first-order valence-corrected chi connectivity index (χ1v) is 8.58. The summed E-state index contributed by atoms with van der Waals surface area (Å²) in [6, 6.07) is 8.40. The van der Waals surface area contributed by atoms with Crippen LogP contribution < -0.4 is 5.32 Å². The third-order valence-corrected chi connectivity index (χ3v) is 5.31. The maximum absolute atomic E-state index is 12.8. The van der Waals surface area contributed by atoms with Gasteiger partial charge in [0.15, 0.2) is 6.23 Å². The SMILES string of the molecule is CN1C(=O)C(c2cn(C)c3ccccc23)=C(NC2CCCC2)C1O. The number of aryl methyl sites for hydroxylation is 1. The zero-order chi connectivity index (χ0) is 16.8. The second-order valence-corrected chi connectivity index (χ2v) is 6.87. The van der Waals surface area contributed by atoms with Gasteiger partial charge in [0.2, 0.25) is 0 Å². The third kappa shape index (κ3) is 2.23. The summed E-state index contributed by atoms with van der Waals surface area (Å²) in [5.41, 5.74) is 3.23. The predicted molar refractivity (Wildman–Crippen MR) is 94.0 cm³/mol. The van der Waals surface area contributed by atoms with Gasteiger partial charge in [0.1, 0.15) is 0 Å². The lowest BCUT2D eigenvalue weighted by molar-refractivity contribution is -0.128. The topological polar surface area (TPSA) is 57.5 Å². The Morgan fingerprint density at radius 2 is 1.88 bits per heavy atom. The van der Waals surface area contributed by atoms with Gasteiger partial charge in [-0.3, -0.25) is 4.79 Å². The Bertz CT molecular complexity index is 830. The van der Waals surface area contributed by atoms with Crippen molar-refractivity contribution in [3.05, 3.63) is 41.7 Å². The number of likely N-dealkylation sites (N-methyl/N-ethyl adjacent to an activating group) is 1. The minimum Gasteiger partial charge on any atom is -0.381 e. The minimum atomic E-state index is -0.896. The van der Waals surface area contributed by atoms with E-state index in [0.29, 0.717) is 17.3 Å². The van der Waals surface area contributed by atoms with E-state index in [1.165, 1.54) is 17.7 Å². The number of aliphatic hydroxyl groups is 1. The van der Waals surface area contributed by atoms with Crippen LogP contribution in [0.3, 0.4) is 0 Å². The first-order valence-electron chi connectivity index (χ1n) is 8.58. The average Bonchev–Trinajstić information content (AvgIpc) is 3.26. The molecule has 2 aliphatic rings.